The van der Waals surface area contributed by atoms with Crippen LogP contribution in [0.5, 0.6) is 0 Å². The van der Waals surface area contributed by atoms with Crippen LogP contribution in [0.1, 0.15) is 23.2 Å². The van der Waals surface area contributed by atoms with E-state index in [0.717, 1.165) is 25.9 Å². The number of carbonyl (C=O) groups excluding carboxylic acids is 1. The molecule has 0 atom stereocenters. The first-order valence-corrected chi connectivity index (χ1v) is 6.49. The fourth-order valence-electron chi connectivity index (χ4n) is 2.13. The van der Waals surface area contributed by atoms with E-state index in [4.69, 9.17) is 11.6 Å². The third-order valence-electron chi connectivity index (χ3n) is 3.20. The number of piperidine rings is 1. The summed E-state index contributed by atoms with van der Waals surface area (Å²) in [4.78, 5) is 11.9. The van der Waals surface area contributed by atoms with Gasteiger partial charge in [0.1, 0.15) is 5.82 Å². The van der Waals surface area contributed by atoms with E-state index in [9.17, 15) is 9.18 Å². The summed E-state index contributed by atoms with van der Waals surface area (Å²) >= 11 is 5.84. The number of hydrogen-bond donors (Lipinski definition) is 2. The number of benzene rings is 1. The first-order valence-electron chi connectivity index (χ1n) is 6.11. The average Bonchev–Trinajstić information content (AvgIpc) is 2.37. The van der Waals surface area contributed by atoms with E-state index in [0.29, 0.717) is 12.5 Å². The van der Waals surface area contributed by atoms with Crippen LogP contribution in [0.25, 0.3) is 0 Å². The monoisotopic (exact) mass is 270 g/mol. The van der Waals surface area contributed by atoms with Gasteiger partial charge in [0.25, 0.3) is 5.91 Å². The van der Waals surface area contributed by atoms with Gasteiger partial charge in [-0.2, -0.15) is 0 Å². The minimum absolute atomic E-state index is 0.0619. The van der Waals surface area contributed by atoms with Crippen molar-refractivity contribution in [2.24, 2.45) is 5.92 Å². The van der Waals surface area contributed by atoms with E-state index in [1.807, 2.05) is 0 Å². The molecule has 1 aliphatic rings. The molecule has 18 heavy (non-hydrogen) atoms. The lowest BCUT2D eigenvalue weighted by Crippen LogP contribution is -2.36. The first kappa shape index (κ1) is 13.3. The molecule has 2 N–H and O–H groups in total. The normalized spacial score (nSPS) is 16.6. The summed E-state index contributed by atoms with van der Waals surface area (Å²) in [5.74, 6) is -0.553. The smallest absolute Gasteiger partial charge is 0.255 e. The van der Waals surface area contributed by atoms with Crippen LogP contribution in [-0.2, 0) is 0 Å². The lowest BCUT2D eigenvalue weighted by atomic mass is 9.98. The molecule has 1 saturated heterocycles. The van der Waals surface area contributed by atoms with Crippen LogP contribution in [0.2, 0.25) is 5.02 Å². The highest BCUT2D eigenvalue weighted by atomic mass is 35.5. The number of hydrogen-bond acceptors (Lipinski definition) is 2. The second kappa shape index (κ2) is 6.16. The van der Waals surface area contributed by atoms with E-state index in [1.165, 1.54) is 18.2 Å². The SMILES string of the molecule is O=C(NCC1CCNCC1)c1c(F)cccc1Cl. The minimum atomic E-state index is -0.578. The standard InChI is InChI=1S/C13H16ClFN2O/c14-10-2-1-3-11(15)12(10)13(18)17-8-9-4-6-16-7-5-9/h1-3,9,16H,4-8H2,(H,17,18). The Morgan fingerprint density at radius 3 is 2.83 bits per heavy atom. The number of carbonyl (C=O) groups is 1. The third-order valence-corrected chi connectivity index (χ3v) is 3.51. The van der Waals surface area contributed by atoms with Crippen molar-refractivity contribution in [3.05, 3.63) is 34.6 Å². The zero-order chi connectivity index (χ0) is 13.0. The molecule has 0 unspecified atom stereocenters. The second-order valence-corrected chi connectivity index (χ2v) is 4.91. The van der Waals surface area contributed by atoms with Gasteiger partial charge in [-0.1, -0.05) is 17.7 Å². The quantitative estimate of drug-likeness (QED) is 0.884. The van der Waals surface area contributed by atoms with Crippen LogP contribution >= 0.6 is 11.6 Å². The number of rotatable bonds is 3. The van der Waals surface area contributed by atoms with E-state index >= 15 is 0 Å². The lowest BCUT2D eigenvalue weighted by molar-refractivity contribution is 0.0940. The van der Waals surface area contributed by atoms with Gasteiger partial charge in [-0.25, -0.2) is 4.39 Å². The van der Waals surface area contributed by atoms with E-state index in [2.05, 4.69) is 10.6 Å². The van der Waals surface area contributed by atoms with Crippen molar-refractivity contribution in [1.82, 2.24) is 10.6 Å². The van der Waals surface area contributed by atoms with Gasteiger partial charge in [0.15, 0.2) is 0 Å². The molecule has 0 saturated carbocycles. The lowest BCUT2D eigenvalue weighted by Gasteiger charge is -2.22. The molecule has 0 radical (unpaired) electrons. The molecule has 98 valence electrons. The molecular formula is C13H16ClFN2O. The largest absolute Gasteiger partial charge is 0.352 e. The van der Waals surface area contributed by atoms with E-state index < -0.39 is 11.7 Å². The van der Waals surface area contributed by atoms with Gasteiger partial charge in [0.2, 0.25) is 0 Å². The third kappa shape index (κ3) is 3.21. The highest BCUT2D eigenvalue weighted by Crippen LogP contribution is 2.19. The highest BCUT2D eigenvalue weighted by molar-refractivity contribution is 6.33. The summed E-state index contributed by atoms with van der Waals surface area (Å²) in [6.07, 6.45) is 2.07. The number of halogens is 2. The molecule has 0 spiro atoms. The maximum Gasteiger partial charge on any atom is 0.255 e. The molecule has 5 heteroatoms. The molecular weight excluding hydrogens is 255 g/mol. The summed E-state index contributed by atoms with van der Waals surface area (Å²) in [6.45, 7) is 2.52. The van der Waals surface area contributed by atoms with E-state index in [-0.39, 0.29) is 10.6 Å². The van der Waals surface area contributed by atoms with Gasteiger partial charge in [0.05, 0.1) is 10.6 Å². The summed E-state index contributed by atoms with van der Waals surface area (Å²) < 4.78 is 13.5. The van der Waals surface area contributed by atoms with Crippen molar-refractivity contribution in [2.45, 2.75) is 12.8 Å². The van der Waals surface area contributed by atoms with Crippen molar-refractivity contribution < 1.29 is 9.18 Å². The fourth-order valence-corrected chi connectivity index (χ4v) is 2.37. The van der Waals surface area contributed by atoms with Crippen LogP contribution in [-0.4, -0.2) is 25.5 Å². The fraction of sp³-hybridized carbons (Fsp3) is 0.462. The van der Waals surface area contributed by atoms with E-state index in [1.54, 1.807) is 0 Å². The van der Waals surface area contributed by atoms with Gasteiger partial charge in [-0.05, 0) is 44.0 Å². The molecule has 3 nitrogen and oxygen atoms in total. The van der Waals surface area contributed by atoms with Gasteiger partial charge in [-0.15, -0.1) is 0 Å². The molecule has 0 aliphatic carbocycles. The predicted octanol–water partition coefficient (Wildman–Crippen LogP) is 2.21. The molecule has 1 heterocycles. The molecule has 0 aromatic heterocycles. The van der Waals surface area contributed by atoms with Crippen LogP contribution < -0.4 is 10.6 Å². The molecule has 1 aromatic rings. The topological polar surface area (TPSA) is 41.1 Å². The maximum atomic E-state index is 13.5. The van der Waals surface area contributed by atoms with Crippen LogP contribution in [0.15, 0.2) is 18.2 Å². The Balaban J connectivity index is 1.95. The van der Waals surface area contributed by atoms with Crippen LogP contribution in [0, 0.1) is 11.7 Å². The van der Waals surface area contributed by atoms with Crippen molar-refractivity contribution >= 4 is 17.5 Å². The Bertz CT molecular complexity index is 413. The summed E-state index contributed by atoms with van der Waals surface area (Å²) in [6, 6.07) is 4.25. The van der Waals surface area contributed by atoms with Gasteiger partial charge >= 0.3 is 0 Å². The Kier molecular flexibility index (Phi) is 4.55. The number of amides is 1. The van der Waals surface area contributed by atoms with Crippen molar-refractivity contribution in [3.63, 3.8) is 0 Å². The maximum absolute atomic E-state index is 13.5. The molecule has 2 rings (SSSR count). The average molecular weight is 271 g/mol. The van der Waals surface area contributed by atoms with Crippen molar-refractivity contribution in [2.75, 3.05) is 19.6 Å². The first-order chi connectivity index (χ1) is 8.68. The number of nitrogens with one attached hydrogen (secondary N) is 2. The predicted molar refractivity (Wildman–Crippen MR) is 69.3 cm³/mol. The van der Waals surface area contributed by atoms with Crippen LogP contribution in [0.3, 0.4) is 0 Å². The van der Waals surface area contributed by atoms with Gasteiger partial charge in [0, 0.05) is 6.54 Å². The Hall–Kier alpha value is -1.13. The highest BCUT2D eigenvalue weighted by Gasteiger charge is 2.18. The molecule has 1 aromatic carbocycles. The molecule has 1 aliphatic heterocycles. The molecule has 1 amide bonds. The van der Waals surface area contributed by atoms with Crippen molar-refractivity contribution in [3.8, 4) is 0 Å². The zero-order valence-electron chi connectivity index (χ0n) is 10.0. The van der Waals surface area contributed by atoms with Crippen molar-refractivity contribution in [1.29, 1.82) is 0 Å². The molecule has 1 fully saturated rings. The minimum Gasteiger partial charge on any atom is -0.352 e. The second-order valence-electron chi connectivity index (χ2n) is 4.50. The summed E-state index contributed by atoms with van der Waals surface area (Å²) in [7, 11) is 0. The molecule has 0 bridgehead atoms. The van der Waals surface area contributed by atoms with Crippen LogP contribution in [0.4, 0.5) is 4.39 Å². The Morgan fingerprint density at radius 1 is 1.44 bits per heavy atom. The van der Waals surface area contributed by atoms with Gasteiger partial charge < -0.3 is 10.6 Å². The van der Waals surface area contributed by atoms with Gasteiger partial charge in [-0.3, -0.25) is 4.79 Å². The Morgan fingerprint density at radius 2 is 2.17 bits per heavy atom. The summed E-state index contributed by atoms with van der Waals surface area (Å²) in [5.41, 5.74) is -0.0619. The zero-order valence-corrected chi connectivity index (χ0v) is 10.8. The summed E-state index contributed by atoms with van der Waals surface area (Å²) in [5, 5.41) is 6.17. The Labute approximate surface area is 111 Å².